The Balaban J connectivity index is 2.05. The molecule has 1 amide bonds. The fourth-order valence-corrected chi connectivity index (χ4v) is 3.65. The van der Waals surface area contributed by atoms with Gasteiger partial charge in [0.15, 0.2) is 5.82 Å². The maximum absolute atomic E-state index is 12.5. The quantitative estimate of drug-likeness (QED) is 0.888. The van der Waals surface area contributed by atoms with Crippen LogP contribution in [-0.2, 0) is 21.3 Å². The molecule has 2 atom stereocenters. The van der Waals surface area contributed by atoms with Gasteiger partial charge in [0.05, 0.1) is 0 Å². The molecule has 2 aromatic rings. The molecule has 0 aliphatic rings. The minimum absolute atomic E-state index is 0.289. The minimum atomic E-state index is -1.29. The third-order valence-electron chi connectivity index (χ3n) is 3.42. The predicted molar refractivity (Wildman–Crippen MR) is 87.0 cm³/mol. The molecule has 1 N–H and O–H groups in total. The Morgan fingerprint density at radius 3 is 2.68 bits per heavy atom. The van der Waals surface area contributed by atoms with Gasteiger partial charge >= 0.3 is 0 Å². The Morgan fingerprint density at radius 1 is 1.36 bits per heavy atom. The molecule has 0 radical (unpaired) electrons. The zero-order chi connectivity index (χ0) is 16.1. The van der Waals surface area contributed by atoms with Gasteiger partial charge in [-0.15, -0.1) is 0 Å². The van der Waals surface area contributed by atoms with Crippen molar-refractivity contribution in [1.29, 1.82) is 0 Å². The molecule has 118 valence electrons. The lowest BCUT2D eigenvalue weighted by Gasteiger charge is -2.14. The van der Waals surface area contributed by atoms with Crippen molar-refractivity contribution >= 4 is 22.5 Å². The number of benzene rings is 1. The van der Waals surface area contributed by atoms with E-state index in [2.05, 4.69) is 10.5 Å². The maximum Gasteiger partial charge on any atom is 0.241 e. The fraction of sp³-hybridized carbons (Fsp3) is 0.375. The summed E-state index contributed by atoms with van der Waals surface area (Å²) >= 11 is 0. The van der Waals surface area contributed by atoms with E-state index in [1.165, 1.54) is 0 Å². The number of nitrogens with one attached hydrogen (secondary N) is 1. The lowest BCUT2D eigenvalue weighted by Crippen LogP contribution is -2.32. The highest BCUT2D eigenvalue weighted by atomic mass is 32.2. The average molecular weight is 320 g/mol. The fourth-order valence-electron chi connectivity index (χ4n) is 2.15. The topological polar surface area (TPSA) is 72.2 Å². The van der Waals surface area contributed by atoms with E-state index in [0.717, 1.165) is 11.1 Å². The van der Waals surface area contributed by atoms with Gasteiger partial charge in [0.25, 0.3) is 0 Å². The van der Waals surface area contributed by atoms with Crippen LogP contribution in [0.5, 0.6) is 0 Å². The standard InChI is InChI=1S/C16H20N2O3S/c1-4-14(16(19)17-15-9-12(3)21-18-15)22(20)10-13-8-6-5-7-11(13)2/h5-9,14H,4,10H2,1-3H3,(H,17,18,19). The zero-order valence-corrected chi connectivity index (χ0v) is 13.8. The highest BCUT2D eigenvalue weighted by Gasteiger charge is 2.24. The predicted octanol–water partition coefficient (Wildman–Crippen LogP) is 2.96. The lowest BCUT2D eigenvalue weighted by molar-refractivity contribution is -0.115. The highest BCUT2D eigenvalue weighted by Crippen LogP contribution is 2.16. The largest absolute Gasteiger partial charge is 0.360 e. The van der Waals surface area contributed by atoms with E-state index in [1.54, 1.807) is 13.0 Å². The van der Waals surface area contributed by atoms with E-state index in [9.17, 15) is 9.00 Å². The summed E-state index contributed by atoms with van der Waals surface area (Å²) in [7, 11) is -1.29. The number of nitrogens with zero attached hydrogens (tertiary/aromatic N) is 1. The van der Waals surface area contributed by atoms with E-state index in [4.69, 9.17) is 4.52 Å². The van der Waals surface area contributed by atoms with E-state index < -0.39 is 16.0 Å². The van der Waals surface area contributed by atoms with E-state index in [1.807, 2.05) is 38.1 Å². The Morgan fingerprint density at radius 2 is 2.09 bits per heavy atom. The van der Waals surface area contributed by atoms with Crippen LogP contribution >= 0.6 is 0 Å². The number of carbonyl (C=O) groups is 1. The normalized spacial score (nSPS) is 13.6. The van der Waals surface area contributed by atoms with Crippen LogP contribution in [0, 0.1) is 13.8 Å². The van der Waals surface area contributed by atoms with E-state index in [0.29, 0.717) is 23.8 Å². The number of aryl methyl sites for hydroxylation is 2. The second kappa shape index (κ2) is 7.35. The lowest BCUT2D eigenvalue weighted by atomic mass is 10.1. The summed E-state index contributed by atoms with van der Waals surface area (Å²) in [5, 5.41) is 5.81. The molecule has 6 heteroatoms. The van der Waals surface area contributed by atoms with Crippen LogP contribution in [-0.4, -0.2) is 20.5 Å². The molecule has 2 unspecified atom stereocenters. The summed E-state index contributed by atoms with van der Waals surface area (Å²) < 4.78 is 17.4. The van der Waals surface area contributed by atoms with E-state index in [-0.39, 0.29) is 5.91 Å². The first-order chi connectivity index (χ1) is 10.5. The van der Waals surface area contributed by atoms with Gasteiger partial charge < -0.3 is 9.84 Å². The molecule has 0 aliphatic carbocycles. The molecule has 0 saturated carbocycles. The van der Waals surface area contributed by atoms with Crippen molar-refractivity contribution in [3.63, 3.8) is 0 Å². The molecule has 0 spiro atoms. The Bertz CT molecular complexity index is 682. The number of amides is 1. The third kappa shape index (κ3) is 4.04. The summed E-state index contributed by atoms with van der Waals surface area (Å²) in [6.07, 6.45) is 0.501. The molecular formula is C16H20N2O3S. The van der Waals surface area contributed by atoms with Crippen LogP contribution in [0.4, 0.5) is 5.82 Å². The first-order valence-electron chi connectivity index (χ1n) is 7.17. The van der Waals surface area contributed by atoms with Crippen LogP contribution in [0.3, 0.4) is 0 Å². The number of anilines is 1. The van der Waals surface area contributed by atoms with Crippen molar-refractivity contribution < 1.29 is 13.5 Å². The molecule has 2 rings (SSSR count). The number of aromatic nitrogens is 1. The Hall–Kier alpha value is -1.95. The Labute approximate surface area is 132 Å². The van der Waals surface area contributed by atoms with Crippen molar-refractivity contribution in [3.8, 4) is 0 Å². The van der Waals surface area contributed by atoms with Gasteiger partial charge in [-0.05, 0) is 31.4 Å². The summed E-state index contributed by atoms with van der Waals surface area (Å²) in [6, 6.07) is 9.41. The first-order valence-corrected chi connectivity index (χ1v) is 8.55. The van der Waals surface area contributed by atoms with Gasteiger partial charge in [-0.2, -0.15) is 0 Å². The zero-order valence-electron chi connectivity index (χ0n) is 13.0. The second-order valence-corrected chi connectivity index (χ2v) is 6.78. The molecule has 0 fully saturated rings. The molecule has 1 aromatic heterocycles. The molecular weight excluding hydrogens is 300 g/mol. The van der Waals surface area contributed by atoms with Gasteiger partial charge in [0.1, 0.15) is 11.0 Å². The van der Waals surface area contributed by atoms with Gasteiger partial charge in [0.2, 0.25) is 5.91 Å². The number of hydrogen-bond acceptors (Lipinski definition) is 4. The SMILES string of the molecule is CCC(C(=O)Nc1cc(C)on1)S(=O)Cc1ccccc1C. The van der Waals surface area contributed by atoms with Gasteiger partial charge in [-0.1, -0.05) is 36.3 Å². The van der Waals surface area contributed by atoms with Crippen LogP contribution in [0.25, 0.3) is 0 Å². The van der Waals surface area contributed by atoms with Crippen LogP contribution in [0.1, 0.15) is 30.2 Å². The second-order valence-electron chi connectivity index (χ2n) is 5.16. The first kappa shape index (κ1) is 16.4. The van der Waals surface area contributed by atoms with Crippen LogP contribution in [0.15, 0.2) is 34.9 Å². The van der Waals surface area contributed by atoms with Crippen molar-refractivity contribution in [2.24, 2.45) is 0 Å². The summed E-state index contributed by atoms with van der Waals surface area (Å²) in [5.74, 6) is 1.05. The summed E-state index contributed by atoms with van der Waals surface area (Å²) in [6.45, 7) is 5.58. The van der Waals surface area contributed by atoms with Crippen LogP contribution < -0.4 is 5.32 Å². The summed E-state index contributed by atoms with van der Waals surface area (Å²) in [5.41, 5.74) is 2.09. The maximum atomic E-state index is 12.5. The average Bonchev–Trinajstić information content (AvgIpc) is 2.87. The minimum Gasteiger partial charge on any atom is -0.360 e. The molecule has 0 bridgehead atoms. The molecule has 0 saturated heterocycles. The molecule has 1 aromatic carbocycles. The third-order valence-corrected chi connectivity index (χ3v) is 5.20. The van der Waals surface area contributed by atoms with Gasteiger partial charge in [-0.3, -0.25) is 9.00 Å². The van der Waals surface area contributed by atoms with Crippen LogP contribution in [0.2, 0.25) is 0 Å². The van der Waals surface area contributed by atoms with Gasteiger partial charge in [-0.25, -0.2) is 0 Å². The van der Waals surface area contributed by atoms with Crippen molar-refractivity contribution in [2.75, 3.05) is 5.32 Å². The highest BCUT2D eigenvalue weighted by molar-refractivity contribution is 7.85. The molecule has 5 nitrogen and oxygen atoms in total. The summed E-state index contributed by atoms with van der Waals surface area (Å²) in [4.78, 5) is 12.3. The van der Waals surface area contributed by atoms with Crippen molar-refractivity contribution in [3.05, 3.63) is 47.2 Å². The van der Waals surface area contributed by atoms with E-state index >= 15 is 0 Å². The molecule has 22 heavy (non-hydrogen) atoms. The van der Waals surface area contributed by atoms with Gasteiger partial charge in [0, 0.05) is 22.6 Å². The number of carbonyl (C=O) groups excluding carboxylic acids is 1. The number of rotatable bonds is 6. The Kier molecular flexibility index (Phi) is 5.49. The molecule has 1 heterocycles. The van der Waals surface area contributed by atoms with Crippen molar-refractivity contribution in [2.45, 2.75) is 38.2 Å². The molecule has 0 aliphatic heterocycles. The van der Waals surface area contributed by atoms with Crippen molar-refractivity contribution in [1.82, 2.24) is 5.16 Å². The number of hydrogen-bond donors (Lipinski definition) is 1. The monoisotopic (exact) mass is 320 g/mol. The smallest absolute Gasteiger partial charge is 0.241 e.